The first-order chi connectivity index (χ1) is 16.3. The zero-order valence-corrected chi connectivity index (χ0v) is 19.1. The number of amides is 1. The molecule has 0 saturated heterocycles. The number of aliphatic carboxylic acids is 1. The Morgan fingerprint density at radius 3 is 2.56 bits per heavy atom. The van der Waals surface area contributed by atoms with Gasteiger partial charge in [0.1, 0.15) is 11.4 Å². The Morgan fingerprint density at radius 2 is 1.85 bits per heavy atom. The molecule has 0 saturated carbocycles. The Morgan fingerprint density at radius 1 is 1.06 bits per heavy atom. The number of hydrogen-bond acceptors (Lipinski definition) is 4. The van der Waals surface area contributed by atoms with Gasteiger partial charge >= 0.3 is 5.97 Å². The number of ether oxygens (including phenoxy) is 2. The molecule has 6 nitrogen and oxygen atoms in total. The molecule has 0 spiro atoms. The van der Waals surface area contributed by atoms with Crippen LogP contribution in [-0.4, -0.2) is 36.2 Å². The molecule has 0 bridgehead atoms. The van der Waals surface area contributed by atoms with Gasteiger partial charge in [-0.05, 0) is 47.9 Å². The van der Waals surface area contributed by atoms with Crippen molar-refractivity contribution in [3.63, 3.8) is 0 Å². The van der Waals surface area contributed by atoms with Crippen LogP contribution < -0.4 is 14.8 Å². The minimum atomic E-state index is -1.62. The Kier molecular flexibility index (Phi) is 6.54. The lowest BCUT2D eigenvalue weighted by Gasteiger charge is -2.25. The monoisotopic (exact) mass is 463 g/mol. The smallest absolute Gasteiger partial charge is 0.330 e. The highest BCUT2D eigenvalue weighted by Crippen LogP contribution is 2.33. The minimum absolute atomic E-state index is 0.0111. The number of carboxylic acid groups (broad SMARTS) is 1. The molecule has 2 N–H and O–H groups in total. The molecule has 0 heterocycles. The molecule has 1 aliphatic carbocycles. The third kappa shape index (κ3) is 4.73. The van der Waals surface area contributed by atoms with Crippen molar-refractivity contribution in [3.05, 3.63) is 94.3 Å². The molecule has 3 aromatic rings. The van der Waals surface area contributed by atoms with Crippen molar-refractivity contribution < 1.29 is 28.6 Å². The summed E-state index contributed by atoms with van der Waals surface area (Å²) in [5, 5.41) is 12.6. The normalized spacial score (nSPS) is 16.6. The van der Waals surface area contributed by atoms with Gasteiger partial charge in [-0.25, -0.2) is 9.18 Å². The lowest BCUT2D eigenvalue weighted by Crippen LogP contribution is -2.55. The van der Waals surface area contributed by atoms with E-state index in [-0.39, 0.29) is 18.4 Å². The molecular formula is C27H26FNO5. The highest BCUT2D eigenvalue weighted by atomic mass is 19.1. The van der Waals surface area contributed by atoms with E-state index >= 15 is 0 Å². The third-order valence-electron chi connectivity index (χ3n) is 6.11. The van der Waals surface area contributed by atoms with Crippen LogP contribution in [0, 0.1) is 12.7 Å². The number of benzene rings is 3. The van der Waals surface area contributed by atoms with Gasteiger partial charge in [0.15, 0.2) is 11.5 Å². The van der Waals surface area contributed by atoms with Gasteiger partial charge < -0.3 is 19.9 Å². The van der Waals surface area contributed by atoms with Crippen molar-refractivity contribution in [3.8, 4) is 11.5 Å². The number of fused-ring (bicyclic) bond motifs is 1. The van der Waals surface area contributed by atoms with Crippen molar-refractivity contribution in [1.29, 1.82) is 0 Å². The lowest BCUT2D eigenvalue weighted by atomic mass is 9.95. The number of hydrogen-bond donors (Lipinski definition) is 2. The number of rotatable bonds is 8. The predicted molar refractivity (Wildman–Crippen MR) is 125 cm³/mol. The van der Waals surface area contributed by atoms with Crippen molar-refractivity contribution in [1.82, 2.24) is 5.32 Å². The van der Waals surface area contributed by atoms with Crippen LogP contribution >= 0.6 is 0 Å². The number of aryl methyl sites for hydroxylation is 1. The second-order valence-corrected chi connectivity index (χ2v) is 8.53. The lowest BCUT2D eigenvalue weighted by molar-refractivity contribution is -0.144. The van der Waals surface area contributed by atoms with Gasteiger partial charge in [-0.2, -0.15) is 0 Å². The van der Waals surface area contributed by atoms with Crippen LogP contribution in [0.3, 0.4) is 0 Å². The number of carbonyl (C=O) groups is 2. The van der Waals surface area contributed by atoms with Crippen LogP contribution in [0.4, 0.5) is 4.39 Å². The summed E-state index contributed by atoms with van der Waals surface area (Å²) in [5.41, 5.74) is 1.80. The first-order valence-corrected chi connectivity index (χ1v) is 11.0. The molecule has 0 aliphatic heterocycles. The van der Waals surface area contributed by atoms with Crippen LogP contribution in [0.2, 0.25) is 0 Å². The first-order valence-electron chi connectivity index (χ1n) is 11.0. The third-order valence-corrected chi connectivity index (χ3v) is 6.11. The molecular weight excluding hydrogens is 437 g/mol. The van der Waals surface area contributed by atoms with Gasteiger partial charge in [0.25, 0.3) is 5.91 Å². The molecule has 3 aromatic carbocycles. The molecule has 1 unspecified atom stereocenters. The summed E-state index contributed by atoms with van der Waals surface area (Å²) < 4.78 is 25.5. The van der Waals surface area contributed by atoms with Crippen LogP contribution in [0.5, 0.6) is 11.5 Å². The number of halogens is 1. The molecule has 0 fully saturated rings. The molecule has 1 amide bonds. The molecule has 4 rings (SSSR count). The maximum Gasteiger partial charge on any atom is 0.330 e. The zero-order chi connectivity index (χ0) is 24.3. The second kappa shape index (κ2) is 9.55. The fourth-order valence-corrected chi connectivity index (χ4v) is 4.32. The van der Waals surface area contributed by atoms with Crippen molar-refractivity contribution in [2.24, 2.45) is 0 Å². The van der Waals surface area contributed by atoms with Crippen molar-refractivity contribution in [2.75, 3.05) is 13.7 Å². The summed E-state index contributed by atoms with van der Waals surface area (Å²) >= 11 is 0. The Hall–Kier alpha value is -3.87. The average molecular weight is 464 g/mol. The van der Waals surface area contributed by atoms with E-state index in [0.29, 0.717) is 35.7 Å². The second-order valence-electron chi connectivity index (χ2n) is 8.53. The van der Waals surface area contributed by atoms with E-state index in [1.165, 1.54) is 25.3 Å². The van der Waals surface area contributed by atoms with Gasteiger partial charge in [-0.3, -0.25) is 4.79 Å². The number of carbonyl (C=O) groups excluding carboxylic acids is 1. The van der Waals surface area contributed by atoms with Gasteiger partial charge in [-0.15, -0.1) is 0 Å². The summed E-state index contributed by atoms with van der Waals surface area (Å²) in [5.74, 6) is -1.41. The molecule has 7 heteroatoms. The standard InChI is InChI=1S/C27H26FNO5/c1-17-5-3-6-18(13-17)11-12-34-24-14-19(9-10-23(24)33-2)25(30)29-27(26(31)32)15-20-7-4-8-22(28)21(20)16-27/h3-10,13-14H,11-12,15-16H2,1-2H3,(H,29,30)(H,31,32). The van der Waals surface area contributed by atoms with E-state index in [4.69, 9.17) is 9.47 Å². The highest BCUT2D eigenvalue weighted by molar-refractivity contribution is 5.99. The largest absolute Gasteiger partial charge is 0.493 e. The minimum Gasteiger partial charge on any atom is -0.493 e. The quantitative estimate of drug-likeness (QED) is 0.525. The number of methoxy groups -OCH3 is 1. The van der Waals surface area contributed by atoms with Crippen molar-refractivity contribution in [2.45, 2.75) is 31.7 Å². The molecule has 0 radical (unpaired) electrons. The summed E-state index contributed by atoms with van der Waals surface area (Å²) in [4.78, 5) is 25.2. The van der Waals surface area contributed by atoms with E-state index in [2.05, 4.69) is 11.4 Å². The van der Waals surface area contributed by atoms with E-state index in [9.17, 15) is 19.1 Å². The summed E-state index contributed by atoms with van der Waals surface area (Å²) in [6.45, 7) is 2.40. The number of carboxylic acids is 1. The van der Waals surface area contributed by atoms with E-state index < -0.39 is 23.2 Å². The summed E-state index contributed by atoms with van der Waals surface area (Å²) in [7, 11) is 1.51. The highest BCUT2D eigenvalue weighted by Gasteiger charge is 2.46. The fourth-order valence-electron chi connectivity index (χ4n) is 4.32. The Bertz CT molecular complexity index is 1240. The van der Waals surface area contributed by atoms with Crippen molar-refractivity contribution >= 4 is 11.9 Å². The summed E-state index contributed by atoms with van der Waals surface area (Å²) in [6.07, 6.45) is 0.566. The van der Waals surface area contributed by atoms with Crippen LogP contribution in [0.25, 0.3) is 0 Å². The Balaban J connectivity index is 1.50. The van der Waals surface area contributed by atoms with E-state index in [0.717, 1.165) is 11.1 Å². The number of nitrogens with one attached hydrogen (secondary N) is 1. The molecule has 1 atom stereocenters. The Labute approximate surface area is 197 Å². The molecule has 34 heavy (non-hydrogen) atoms. The van der Waals surface area contributed by atoms with Gasteiger partial charge in [-0.1, -0.05) is 42.0 Å². The zero-order valence-electron chi connectivity index (χ0n) is 19.1. The van der Waals surface area contributed by atoms with Gasteiger partial charge in [0.05, 0.1) is 13.7 Å². The topological polar surface area (TPSA) is 84.9 Å². The maximum absolute atomic E-state index is 14.2. The van der Waals surface area contributed by atoms with Gasteiger partial charge in [0, 0.05) is 24.8 Å². The van der Waals surface area contributed by atoms with Gasteiger partial charge in [0.2, 0.25) is 0 Å². The van der Waals surface area contributed by atoms with E-state index in [1.54, 1.807) is 18.2 Å². The SMILES string of the molecule is COc1ccc(C(=O)NC2(C(=O)O)Cc3cccc(F)c3C2)cc1OCCc1cccc(C)c1. The van der Waals surface area contributed by atoms with Crippen LogP contribution in [0.1, 0.15) is 32.6 Å². The molecule has 1 aliphatic rings. The first kappa shape index (κ1) is 23.3. The molecule has 176 valence electrons. The fraction of sp³-hybridized carbons (Fsp3) is 0.259. The molecule has 0 aromatic heterocycles. The predicted octanol–water partition coefficient (Wildman–Crippen LogP) is 4.12. The van der Waals surface area contributed by atoms with Crippen LogP contribution in [-0.2, 0) is 24.1 Å². The summed E-state index contributed by atoms with van der Waals surface area (Å²) in [6, 6.07) is 17.3. The van der Waals surface area contributed by atoms with Crippen LogP contribution in [0.15, 0.2) is 60.7 Å². The average Bonchev–Trinajstić information content (AvgIpc) is 3.20. The van der Waals surface area contributed by atoms with E-state index in [1.807, 2.05) is 25.1 Å². The maximum atomic E-state index is 14.2.